The average Bonchev–Trinajstić information content (AvgIpc) is 2.91. The lowest BCUT2D eigenvalue weighted by atomic mass is 10.2. The van der Waals surface area contributed by atoms with E-state index in [0.717, 1.165) is 5.56 Å². The maximum atomic E-state index is 9.58. The molecule has 2 heterocycles. The summed E-state index contributed by atoms with van der Waals surface area (Å²) in [6, 6.07) is 8.60. The topological polar surface area (TPSA) is 98.1 Å². The zero-order chi connectivity index (χ0) is 13.9. The van der Waals surface area contributed by atoms with Crippen LogP contribution in [0.1, 0.15) is 11.4 Å². The predicted octanol–water partition coefficient (Wildman–Crippen LogP) is 2.01. The highest BCUT2D eigenvalue weighted by Gasteiger charge is 2.10. The molecule has 0 bridgehead atoms. The average molecular weight is 268 g/mol. The third-order valence-electron chi connectivity index (χ3n) is 2.86. The van der Waals surface area contributed by atoms with Crippen molar-refractivity contribution in [3.63, 3.8) is 0 Å². The first-order chi connectivity index (χ1) is 9.72. The summed E-state index contributed by atoms with van der Waals surface area (Å²) in [7, 11) is 0. The Morgan fingerprint density at radius 3 is 2.70 bits per heavy atom. The lowest BCUT2D eigenvalue weighted by molar-refractivity contribution is 0.423. The minimum absolute atomic E-state index is 0.00335. The van der Waals surface area contributed by atoms with Gasteiger partial charge < -0.3 is 15.4 Å². The van der Waals surface area contributed by atoms with Gasteiger partial charge in [0, 0.05) is 24.4 Å². The van der Waals surface area contributed by atoms with Crippen LogP contribution in [-0.2, 0) is 6.42 Å². The van der Waals surface area contributed by atoms with Crippen LogP contribution in [0.5, 0.6) is 5.75 Å². The fourth-order valence-corrected chi connectivity index (χ4v) is 1.80. The van der Waals surface area contributed by atoms with E-state index in [1.807, 2.05) is 12.1 Å². The van der Waals surface area contributed by atoms with E-state index >= 15 is 0 Å². The Labute approximate surface area is 114 Å². The summed E-state index contributed by atoms with van der Waals surface area (Å²) in [5.74, 6) is 0.920. The van der Waals surface area contributed by atoms with Gasteiger partial charge in [-0.3, -0.25) is 4.98 Å². The largest absolute Gasteiger partial charge is 0.506 e. The van der Waals surface area contributed by atoms with Gasteiger partial charge in [0.25, 0.3) is 5.89 Å². The molecule has 0 saturated carbocycles. The predicted molar refractivity (Wildman–Crippen MR) is 72.9 cm³/mol. The number of nitrogen functional groups attached to an aromatic ring is 1. The number of hydrogen-bond donors (Lipinski definition) is 2. The maximum Gasteiger partial charge on any atom is 0.258 e. The van der Waals surface area contributed by atoms with Crippen LogP contribution >= 0.6 is 0 Å². The zero-order valence-electron chi connectivity index (χ0n) is 10.5. The number of pyridine rings is 1. The first-order valence-corrected chi connectivity index (χ1v) is 6.03. The van der Waals surface area contributed by atoms with Gasteiger partial charge in [-0.25, -0.2) is 0 Å². The quantitative estimate of drug-likeness (QED) is 0.557. The fourth-order valence-electron chi connectivity index (χ4n) is 1.80. The van der Waals surface area contributed by atoms with Crippen molar-refractivity contribution in [2.75, 3.05) is 5.73 Å². The molecule has 1 aromatic carbocycles. The highest BCUT2D eigenvalue weighted by molar-refractivity contribution is 5.63. The van der Waals surface area contributed by atoms with Crippen molar-refractivity contribution in [2.45, 2.75) is 6.42 Å². The van der Waals surface area contributed by atoms with Crippen molar-refractivity contribution in [1.29, 1.82) is 0 Å². The summed E-state index contributed by atoms with van der Waals surface area (Å²) in [5, 5.41) is 13.5. The van der Waals surface area contributed by atoms with E-state index in [-0.39, 0.29) is 5.75 Å². The van der Waals surface area contributed by atoms with Gasteiger partial charge in [0.05, 0.1) is 5.69 Å². The Morgan fingerprint density at radius 1 is 1.15 bits per heavy atom. The summed E-state index contributed by atoms with van der Waals surface area (Å²) >= 11 is 0. The van der Waals surface area contributed by atoms with Gasteiger partial charge in [-0.2, -0.15) is 4.98 Å². The van der Waals surface area contributed by atoms with E-state index in [2.05, 4.69) is 15.1 Å². The minimum Gasteiger partial charge on any atom is -0.506 e. The Balaban J connectivity index is 1.84. The molecule has 6 nitrogen and oxygen atoms in total. The van der Waals surface area contributed by atoms with Crippen molar-refractivity contribution >= 4 is 5.69 Å². The molecule has 0 radical (unpaired) electrons. The molecule has 0 aliphatic heterocycles. The van der Waals surface area contributed by atoms with E-state index in [0.29, 0.717) is 29.4 Å². The number of phenolic OH excluding ortho intramolecular Hbond substituents is 1. The molecule has 6 heteroatoms. The molecular formula is C14H12N4O2. The molecular weight excluding hydrogens is 256 g/mol. The summed E-state index contributed by atoms with van der Waals surface area (Å²) in [6.07, 6.45) is 4.00. The first-order valence-electron chi connectivity index (χ1n) is 6.03. The maximum absolute atomic E-state index is 9.58. The van der Waals surface area contributed by atoms with Gasteiger partial charge in [0.1, 0.15) is 5.75 Å². The normalized spacial score (nSPS) is 10.6. The molecule has 0 spiro atoms. The molecule has 0 aliphatic carbocycles. The van der Waals surface area contributed by atoms with E-state index in [4.69, 9.17) is 10.3 Å². The van der Waals surface area contributed by atoms with E-state index in [1.165, 1.54) is 6.07 Å². The number of anilines is 1. The van der Waals surface area contributed by atoms with Gasteiger partial charge >= 0.3 is 0 Å². The van der Waals surface area contributed by atoms with Crippen molar-refractivity contribution in [3.8, 4) is 17.2 Å². The SMILES string of the molecule is Nc1ccc(-c2nc(Cc3ccncc3)no2)cc1O. The number of phenols is 1. The smallest absolute Gasteiger partial charge is 0.258 e. The summed E-state index contributed by atoms with van der Waals surface area (Å²) in [4.78, 5) is 8.25. The second kappa shape index (κ2) is 5.00. The minimum atomic E-state index is -0.00335. The number of aromatic hydroxyl groups is 1. The van der Waals surface area contributed by atoms with Crippen LogP contribution < -0.4 is 5.73 Å². The summed E-state index contributed by atoms with van der Waals surface area (Å²) < 4.78 is 5.19. The molecule has 0 amide bonds. The third-order valence-corrected chi connectivity index (χ3v) is 2.86. The zero-order valence-corrected chi connectivity index (χ0v) is 10.5. The molecule has 3 rings (SSSR count). The highest BCUT2D eigenvalue weighted by atomic mass is 16.5. The van der Waals surface area contributed by atoms with Crippen molar-refractivity contribution in [1.82, 2.24) is 15.1 Å². The van der Waals surface area contributed by atoms with Gasteiger partial charge in [-0.05, 0) is 35.9 Å². The van der Waals surface area contributed by atoms with Crippen LogP contribution in [0.4, 0.5) is 5.69 Å². The van der Waals surface area contributed by atoms with Crippen LogP contribution in [0, 0.1) is 0 Å². The molecule has 0 aliphatic rings. The molecule has 3 N–H and O–H groups in total. The Kier molecular flexibility index (Phi) is 3.04. The molecule has 0 atom stereocenters. The van der Waals surface area contributed by atoms with Crippen LogP contribution in [-0.4, -0.2) is 20.2 Å². The second-order valence-electron chi connectivity index (χ2n) is 4.32. The summed E-state index contributed by atoms with van der Waals surface area (Å²) in [5.41, 5.74) is 7.54. The van der Waals surface area contributed by atoms with Crippen LogP contribution in [0.3, 0.4) is 0 Å². The van der Waals surface area contributed by atoms with Crippen molar-refractivity contribution < 1.29 is 9.63 Å². The fraction of sp³-hybridized carbons (Fsp3) is 0.0714. The number of benzene rings is 1. The second-order valence-corrected chi connectivity index (χ2v) is 4.32. The Hall–Kier alpha value is -2.89. The lowest BCUT2D eigenvalue weighted by Gasteiger charge is -1.99. The first kappa shape index (κ1) is 12.2. The number of aromatic nitrogens is 3. The molecule has 20 heavy (non-hydrogen) atoms. The highest BCUT2D eigenvalue weighted by Crippen LogP contribution is 2.26. The molecule has 0 fully saturated rings. The third kappa shape index (κ3) is 2.44. The van der Waals surface area contributed by atoms with E-state index in [1.54, 1.807) is 24.5 Å². The van der Waals surface area contributed by atoms with Crippen molar-refractivity contribution in [3.05, 3.63) is 54.1 Å². The number of nitrogens with two attached hydrogens (primary N) is 1. The number of nitrogens with zero attached hydrogens (tertiary/aromatic N) is 3. The Morgan fingerprint density at radius 2 is 1.95 bits per heavy atom. The van der Waals surface area contributed by atoms with Gasteiger partial charge in [-0.1, -0.05) is 5.16 Å². The monoisotopic (exact) mass is 268 g/mol. The molecule has 2 aromatic heterocycles. The van der Waals surface area contributed by atoms with E-state index in [9.17, 15) is 5.11 Å². The standard InChI is InChI=1S/C14H12N4O2/c15-11-2-1-10(8-12(11)19)14-17-13(18-20-14)7-9-3-5-16-6-4-9/h1-6,8,19H,7,15H2. The number of hydrogen-bond acceptors (Lipinski definition) is 6. The van der Waals surface area contributed by atoms with Gasteiger partial charge in [0.2, 0.25) is 0 Å². The molecule has 100 valence electrons. The molecule has 0 unspecified atom stereocenters. The van der Waals surface area contributed by atoms with Crippen LogP contribution in [0.2, 0.25) is 0 Å². The van der Waals surface area contributed by atoms with Crippen LogP contribution in [0.15, 0.2) is 47.2 Å². The van der Waals surface area contributed by atoms with E-state index < -0.39 is 0 Å². The summed E-state index contributed by atoms with van der Waals surface area (Å²) in [6.45, 7) is 0. The van der Waals surface area contributed by atoms with Gasteiger partial charge in [-0.15, -0.1) is 0 Å². The number of rotatable bonds is 3. The van der Waals surface area contributed by atoms with Crippen LogP contribution in [0.25, 0.3) is 11.5 Å². The van der Waals surface area contributed by atoms with Crippen molar-refractivity contribution in [2.24, 2.45) is 0 Å². The Bertz CT molecular complexity index is 725. The van der Waals surface area contributed by atoms with Gasteiger partial charge in [0.15, 0.2) is 5.82 Å². The lowest BCUT2D eigenvalue weighted by Crippen LogP contribution is -1.91. The molecule has 0 saturated heterocycles. The molecule has 3 aromatic rings.